The van der Waals surface area contributed by atoms with Gasteiger partial charge in [0.05, 0.1) is 21.3 Å². The van der Waals surface area contributed by atoms with Gasteiger partial charge >= 0.3 is 11.9 Å². The number of ketones is 1. The average Bonchev–Trinajstić information content (AvgIpc) is 2.52. The van der Waals surface area contributed by atoms with Crippen molar-refractivity contribution < 1.29 is 38.8 Å². The Balaban J connectivity index is 3.40. The van der Waals surface area contributed by atoms with Crippen molar-refractivity contribution >= 4 is 17.7 Å². The van der Waals surface area contributed by atoms with Gasteiger partial charge in [-0.05, 0) is 17.7 Å². The minimum atomic E-state index is -1.79. The molecular weight excluding hydrogens is 308 g/mol. The molecule has 0 aromatic heterocycles. The fraction of sp³-hybridized carbons (Fsp3) is 0.400. The van der Waals surface area contributed by atoms with E-state index in [-0.39, 0.29) is 11.5 Å². The molecule has 23 heavy (non-hydrogen) atoms. The number of hydrogen-bond donors (Lipinski definition) is 2. The van der Waals surface area contributed by atoms with Crippen LogP contribution in [0.1, 0.15) is 18.4 Å². The third kappa shape index (κ3) is 3.71. The zero-order chi connectivity index (χ0) is 17.7. The largest absolute Gasteiger partial charge is 0.493 e. The predicted molar refractivity (Wildman–Crippen MR) is 78.3 cm³/mol. The van der Waals surface area contributed by atoms with Crippen molar-refractivity contribution in [3.05, 3.63) is 17.7 Å². The quantitative estimate of drug-likeness (QED) is 0.539. The summed E-state index contributed by atoms with van der Waals surface area (Å²) < 4.78 is 15.5. The minimum absolute atomic E-state index is 0.278. The number of methoxy groups -OCH3 is 3. The van der Waals surface area contributed by atoms with E-state index >= 15 is 0 Å². The lowest BCUT2D eigenvalue weighted by molar-refractivity contribution is -0.157. The van der Waals surface area contributed by atoms with Gasteiger partial charge in [0.2, 0.25) is 5.75 Å². The van der Waals surface area contributed by atoms with Crippen LogP contribution in [0, 0.1) is 5.92 Å². The van der Waals surface area contributed by atoms with Gasteiger partial charge in [0.15, 0.2) is 11.5 Å². The summed E-state index contributed by atoms with van der Waals surface area (Å²) >= 11 is 0. The maximum Gasteiger partial charge on any atom is 0.373 e. The summed E-state index contributed by atoms with van der Waals surface area (Å²) in [6.07, 6.45) is 0. The van der Waals surface area contributed by atoms with E-state index < -0.39 is 29.6 Å². The number of aliphatic carboxylic acids is 2. The first-order valence-corrected chi connectivity index (χ1v) is 6.58. The number of ether oxygens (including phenoxy) is 3. The Morgan fingerprint density at radius 2 is 1.43 bits per heavy atom. The highest BCUT2D eigenvalue weighted by atomic mass is 16.5. The Hall–Kier alpha value is -2.77. The molecule has 0 bridgehead atoms. The van der Waals surface area contributed by atoms with Gasteiger partial charge in [0, 0.05) is 5.92 Å². The lowest BCUT2D eigenvalue weighted by Gasteiger charge is -2.20. The van der Waals surface area contributed by atoms with Gasteiger partial charge in [0.25, 0.3) is 5.78 Å². The van der Waals surface area contributed by atoms with Crippen LogP contribution in [0.25, 0.3) is 0 Å². The summed E-state index contributed by atoms with van der Waals surface area (Å²) in [5, 5.41) is 18.0. The molecule has 0 unspecified atom stereocenters. The van der Waals surface area contributed by atoms with E-state index in [1.54, 1.807) is 0 Å². The van der Waals surface area contributed by atoms with Crippen LogP contribution in [-0.4, -0.2) is 49.3 Å². The summed E-state index contributed by atoms with van der Waals surface area (Å²) in [5.41, 5.74) is 0.376. The Morgan fingerprint density at radius 3 is 1.74 bits per heavy atom. The molecule has 0 amide bonds. The van der Waals surface area contributed by atoms with Gasteiger partial charge in [-0.1, -0.05) is 6.92 Å². The molecule has 0 saturated carbocycles. The summed E-state index contributed by atoms with van der Waals surface area (Å²) in [6, 6.07) is 2.97. The summed E-state index contributed by atoms with van der Waals surface area (Å²) in [7, 11) is 4.20. The van der Waals surface area contributed by atoms with Crippen molar-refractivity contribution in [2.45, 2.75) is 12.8 Å². The smallest absolute Gasteiger partial charge is 0.373 e. The molecule has 0 saturated heterocycles. The zero-order valence-corrected chi connectivity index (χ0v) is 13.2. The minimum Gasteiger partial charge on any atom is -0.493 e. The Kier molecular flexibility index (Phi) is 5.94. The standard InChI is InChI=1S/C15H18O8/c1-7(11(14(17)18)12(16)15(19)20)8-5-9(21-2)13(23-4)10(6-8)22-3/h5-7,11H,1-4H3,(H,17,18)(H,19,20)/t7-,11+/m1/s1. The van der Waals surface area contributed by atoms with Crippen molar-refractivity contribution in [2.24, 2.45) is 5.92 Å². The molecule has 1 rings (SSSR count). The van der Waals surface area contributed by atoms with Crippen LogP contribution in [0.4, 0.5) is 0 Å². The number of hydrogen-bond acceptors (Lipinski definition) is 6. The molecular formula is C15H18O8. The normalized spacial score (nSPS) is 12.9. The summed E-state index contributed by atoms with van der Waals surface area (Å²) in [5.74, 6) is -6.47. The van der Waals surface area contributed by atoms with Gasteiger partial charge in [0.1, 0.15) is 5.92 Å². The number of carboxylic acids is 2. The molecule has 2 N–H and O–H groups in total. The summed E-state index contributed by atoms with van der Waals surface area (Å²) in [4.78, 5) is 33.8. The molecule has 0 radical (unpaired) electrons. The zero-order valence-electron chi connectivity index (χ0n) is 13.2. The second-order valence-electron chi connectivity index (χ2n) is 4.73. The van der Waals surface area contributed by atoms with Crippen LogP contribution in [0.3, 0.4) is 0 Å². The fourth-order valence-electron chi connectivity index (χ4n) is 2.24. The van der Waals surface area contributed by atoms with E-state index in [0.29, 0.717) is 11.3 Å². The fourth-order valence-corrected chi connectivity index (χ4v) is 2.24. The van der Waals surface area contributed by atoms with Crippen molar-refractivity contribution in [3.8, 4) is 17.2 Å². The van der Waals surface area contributed by atoms with Gasteiger partial charge in [-0.25, -0.2) is 4.79 Å². The van der Waals surface area contributed by atoms with Crippen molar-refractivity contribution in [3.63, 3.8) is 0 Å². The van der Waals surface area contributed by atoms with E-state index in [2.05, 4.69) is 0 Å². The van der Waals surface area contributed by atoms with E-state index in [4.69, 9.17) is 19.3 Å². The molecule has 0 spiro atoms. The van der Waals surface area contributed by atoms with Crippen molar-refractivity contribution in [1.82, 2.24) is 0 Å². The van der Waals surface area contributed by atoms with Crippen molar-refractivity contribution in [1.29, 1.82) is 0 Å². The second kappa shape index (κ2) is 7.48. The Labute approximate surface area is 132 Å². The molecule has 0 aliphatic heterocycles. The number of benzene rings is 1. The lowest BCUT2D eigenvalue weighted by atomic mass is 9.84. The average molecular weight is 326 g/mol. The van der Waals surface area contributed by atoms with Crippen LogP contribution < -0.4 is 14.2 Å². The monoisotopic (exact) mass is 326 g/mol. The highest BCUT2D eigenvalue weighted by Gasteiger charge is 2.37. The SMILES string of the molecule is COc1cc([C@@H](C)[C@H](C(=O)O)C(=O)C(=O)O)cc(OC)c1OC. The molecule has 8 nitrogen and oxygen atoms in total. The molecule has 8 heteroatoms. The first-order valence-electron chi connectivity index (χ1n) is 6.58. The Bertz CT molecular complexity index is 597. The predicted octanol–water partition coefficient (Wildman–Crippen LogP) is 1.17. The molecule has 126 valence electrons. The highest BCUT2D eigenvalue weighted by Crippen LogP contribution is 2.41. The number of rotatable bonds is 8. The molecule has 0 aliphatic carbocycles. The van der Waals surface area contributed by atoms with E-state index in [1.807, 2.05) is 0 Å². The number of Topliss-reactive ketones (excluding diaryl/α,β-unsaturated/α-hetero) is 1. The first-order chi connectivity index (χ1) is 10.8. The molecule has 0 fully saturated rings. The maximum absolute atomic E-state index is 11.7. The summed E-state index contributed by atoms with van der Waals surface area (Å²) in [6.45, 7) is 1.44. The second-order valence-corrected chi connectivity index (χ2v) is 4.73. The number of carbonyl (C=O) groups excluding carboxylic acids is 1. The number of carbonyl (C=O) groups is 3. The van der Waals surface area contributed by atoms with Crippen molar-refractivity contribution in [2.75, 3.05) is 21.3 Å². The van der Waals surface area contributed by atoms with Crippen LogP contribution in [0.2, 0.25) is 0 Å². The Morgan fingerprint density at radius 1 is 0.957 bits per heavy atom. The molecule has 2 atom stereocenters. The molecule has 0 aliphatic rings. The van der Waals surface area contributed by atoms with E-state index in [0.717, 1.165) is 0 Å². The van der Waals surface area contributed by atoms with Gasteiger partial charge in [-0.2, -0.15) is 0 Å². The van der Waals surface area contributed by atoms with E-state index in [1.165, 1.54) is 40.4 Å². The van der Waals surface area contributed by atoms with Crippen LogP contribution in [-0.2, 0) is 14.4 Å². The van der Waals surface area contributed by atoms with Gasteiger partial charge < -0.3 is 24.4 Å². The molecule has 1 aromatic rings. The van der Waals surface area contributed by atoms with Crippen LogP contribution in [0.15, 0.2) is 12.1 Å². The third-order valence-electron chi connectivity index (χ3n) is 3.47. The van der Waals surface area contributed by atoms with Gasteiger partial charge in [-0.15, -0.1) is 0 Å². The third-order valence-corrected chi connectivity index (χ3v) is 3.47. The first kappa shape index (κ1) is 18.3. The lowest BCUT2D eigenvalue weighted by Crippen LogP contribution is -2.33. The van der Waals surface area contributed by atoms with E-state index in [9.17, 15) is 19.5 Å². The maximum atomic E-state index is 11.7. The number of carboxylic acid groups (broad SMARTS) is 2. The van der Waals surface area contributed by atoms with Crippen LogP contribution in [0.5, 0.6) is 17.2 Å². The van der Waals surface area contributed by atoms with Gasteiger partial charge in [-0.3, -0.25) is 9.59 Å². The van der Waals surface area contributed by atoms with Crippen LogP contribution >= 0.6 is 0 Å². The topological polar surface area (TPSA) is 119 Å². The molecule has 0 heterocycles. The molecule has 1 aromatic carbocycles. The highest BCUT2D eigenvalue weighted by molar-refractivity contribution is 6.37.